The lowest BCUT2D eigenvalue weighted by Gasteiger charge is -2.21. The number of likely N-dealkylation sites (N-methyl/N-ethyl adjacent to an activating group) is 1. The van der Waals surface area contributed by atoms with E-state index < -0.39 is 0 Å². The number of rotatable bonds is 11. The molecule has 0 rings (SSSR count). The molecule has 2 N–H and O–H groups in total. The van der Waals surface area contributed by atoms with E-state index in [4.69, 9.17) is 4.74 Å². The Kier molecular flexibility index (Phi) is 10.1. The van der Waals surface area contributed by atoms with E-state index in [1.807, 2.05) is 20.9 Å². The third-order valence-electron chi connectivity index (χ3n) is 3.02. The van der Waals surface area contributed by atoms with Crippen LogP contribution in [0.4, 0.5) is 0 Å². The smallest absolute Gasteiger partial charge is 0.220 e. The van der Waals surface area contributed by atoms with Gasteiger partial charge in [-0.15, -0.1) is 0 Å². The minimum Gasteiger partial charge on any atom is -0.375 e. The van der Waals surface area contributed by atoms with Crippen LogP contribution in [0.1, 0.15) is 33.1 Å². The fourth-order valence-corrected chi connectivity index (χ4v) is 1.51. The molecule has 19 heavy (non-hydrogen) atoms. The van der Waals surface area contributed by atoms with Crippen molar-refractivity contribution in [2.24, 2.45) is 0 Å². The van der Waals surface area contributed by atoms with Crippen LogP contribution in [-0.2, 0) is 9.53 Å². The zero-order valence-electron chi connectivity index (χ0n) is 12.5. The predicted octanol–water partition coefficient (Wildman–Crippen LogP) is 2.03. The first-order valence-electron chi connectivity index (χ1n) is 6.87. The molecule has 0 heterocycles. The highest BCUT2D eigenvalue weighted by Crippen LogP contribution is 2.06. The van der Waals surface area contributed by atoms with Crippen LogP contribution in [0.5, 0.6) is 0 Å². The van der Waals surface area contributed by atoms with Gasteiger partial charge in [0.05, 0.1) is 18.8 Å². The van der Waals surface area contributed by atoms with E-state index in [2.05, 4.69) is 23.8 Å². The number of carbonyl (C=O) groups excluding carboxylic acids is 1. The third-order valence-corrected chi connectivity index (χ3v) is 3.02. The van der Waals surface area contributed by atoms with Gasteiger partial charge in [-0.05, 0) is 33.7 Å². The van der Waals surface area contributed by atoms with Gasteiger partial charge in [0.1, 0.15) is 0 Å². The largest absolute Gasteiger partial charge is 0.375 e. The van der Waals surface area contributed by atoms with Gasteiger partial charge in [-0.2, -0.15) is 0 Å². The van der Waals surface area contributed by atoms with Crippen LogP contribution in [0.2, 0.25) is 0 Å². The van der Waals surface area contributed by atoms with Crippen LogP contribution in [0, 0.1) is 0 Å². The summed E-state index contributed by atoms with van der Waals surface area (Å²) in [6.07, 6.45) is 3.89. The maximum Gasteiger partial charge on any atom is 0.220 e. The highest BCUT2D eigenvalue weighted by atomic mass is 16.5. The summed E-state index contributed by atoms with van der Waals surface area (Å²) in [5.74, 6) is 0.0634. The van der Waals surface area contributed by atoms with Crippen molar-refractivity contribution >= 4 is 5.91 Å². The molecule has 0 aliphatic rings. The fourth-order valence-electron chi connectivity index (χ4n) is 1.51. The summed E-state index contributed by atoms with van der Waals surface area (Å²) in [5.41, 5.74) is 0.976. The summed E-state index contributed by atoms with van der Waals surface area (Å²) in [7, 11) is 1.89. The van der Waals surface area contributed by atoms with E-state index in [0.717, 1.165) is 25.0 Å². The molecular formula is C15H28N2O2. The van der Waals surface area contributed by atoms with Crippen LogP contribution in [0.25, 0.3) is 0 Å². The summed E-state index contributed by atoms with van der Waals surface area (Å²) < 4.78 is 5.60. The molecule has 0 aliphatic carbocycles. The number of hydrogen-bond acceptors (Lipinski definition) is 3. The van der Waals surface area contributed by atoms with E-state index in [-0.39, 0.29) is 18.1 Å². The second-order valence-electron chi connectivity index (χ2n) is 4.75. The van der Waals surface area contributed by atoms with E-state index in [1.165, 1.54) is 0 Å². The lowest BCUT2D eigenvalue weighted by Crippen LogP contribution is -2.41. The summed E-state index contributed by atoms with van der Waals surface area (Å²) in [6, 6.07) is 0.0203. The zero-order valence-corrected chi connectivity index (χ0v) is 12.5. The average Bonchev–Trinajstić information content (AvgIpc) is 2.38. The van der Waals surface area contributed by atoms with Gasteiger partial charge in [-0.3, -0.25) is 4.79 Å². The molecule has 0 aliphatic heterocycles. The van der Waals surface area contributed by atoms with E-state index in [9.17, 15) is 4.79 Å². The number of hydrogen-bond donors (Lipinski definition) is 2. The maximum atomic E-state index is 11.7. The first kappa shape index (κ1) is 17.9. The average molecular weight is 268 g/mol. The quantitative estimate of drug-likeness (QED) is 0.445. The Balaban J connectivity index is 3.78. The second kappa shape index (κ2) is 10.8. The van der Waals surface area contributed by atoms with Crippen LogP contribution >= 0.6 is 0 Å². The molecule has 0 fully saturated rings. The molecule has 4 nitrogen and oxygen atoms in total. The zero-order chi connectivity index (χ0) is 14.7. The molecule has 0 aromatic carbocycles. The van der Waals surface area contributed by atoms with Gasteiger partial charge in [0.15, 0.2) is 0 Å². The van der Waals surface area contributed by atoms with Crippen LogP contribution in [0.15, 0.2) is 24.8 Å². The van der Waals surface area contributed by atoms with Gasteiger partial charge in [0, 0.05) is 13.0 Å². The van der Waals surface area contributed by atoms with Crippen LogP contribution in [-0.4, -0.2) is 38.3 Å². The molecule has 110 valence electrons. The van der Waals surface area contributed by atoms with Crippen molar-refractivity contribution in [2.75, 3.05) is 20.2 Å². The predicted molar refractivity (Wildman–Crippen MR) is 80.1 cm³/mol. The highest BCUT2D eigenvalue weighted by Gasteiger charge is 2.14. The van der Waals surface area contributed by atoms with Crippen molar-refractivity contribution < 1.29 is 9.53 Å². The van der Waals surface area contributed by atoms with Crippen molar-refractivity contribution in [1.29, 1.82) is 0 Å². The van der Waals surface area contributed by atoms with Gasteiger partial charge < -0.3 is 15.4 Å². The maximum absolute atomic E-state index is 11.7. The molecule has 0 spiro atoms. The normalized spacial score (nSPS) is 13.6. The molecular weight excluding hydrogens is 240 g/mol. The topological polar surface area (TPSA) is 50.4 Å². The lowest BCUT2D eigenvalue weighted by atomic mass is 10.1. The Morgan fingerprint density at radius 1 is 1.37 bits per heavy atom. The second-order valence-corrected chi connectivity index (χ2v) is 4.75. The van der Waals surface area contributed by atoms with Gasteiger partial charge in [0.2, 0.25) is 5.91 Å². The molecule has 2 unspecified atom stereocenters. The van der Waals surface area contributed by atoms with Crippen LogP contribution in [0.3, 0.4) is 0 Å². The lowest BCUT2D eigenvalue weighted by molar-refractivity contribution is -0.122. The summed E-state index contributed by atoms with van der Waals surface area (Å²) in [6.45, 7) is 12.9. The van der Waals surface area contributed by atoms with Crippen molar-refractivity contribution in [3.63, 3.8) is 0 Å². The molecule has 1 amide bonds. The number of ether oxygens (including phenoxy) is 1. The third kappa shape index (κ3) is 9.45. The van der Waals surface area contributed by atoms with Crippen molar-refractivity contribution in [3.05, 3.63) is 24.8 Å². The SMILES string of the molecule is C=CC(=C)CCCC(=O)NC(C)C(C)OCCNC. The van der Waals surface area contributed by atoms with E-state index in [1.54, 1.807) is 6.08 Å². The molecule has 0 radical (unpaired) electrons. The number of nitrogens with one attached hydrogen (secondary N) is 2. The first-order valence-corrected chi connectivity index (χ1v) is 6.87. The minimum atomic E-state index is 0.0143. The van der Waals surface area contributed by atoms with Gasteiger partial charge in [-0.1, -0.05) is 24.8 Å². The number of amides is 1. The van der Waals surface area contributed by atoms with Crippen molar-refractivity contribution in [2.45, 2.75) is 45.3 Å². The standard InChI is InChI=1S/C15H28N2O2/c1-6-12(2)8-7-9-15(18)17-13(3)14(4)19-11-10-16-5/h6,13-14,16H,1-2,7-11H2,3-5H3,(H,17,18). The molecule has 0 bridgehead atoms. The summed E-state index contributed by atoms with van der Waals surface area (Å²) >= 11 is 0. The van der Waals surface area contributed by atoms with E-state index >= 15 is 0 Å². The monoisotopic (exact) mass is 268 g/mol. The Morgan fingerprint density at radius 2 is 2.05 bits per heavy atom. The van der Waals surface area contributed by atoms with Crippen LogP contribution < -0.4 is 10.6 Å². The van der Waals surface area contributed by atoms with Gasteiger partial charge in [0.25, 0.3) is 0 Å². The van der Waals surface area contributed by atoms with E-state index in [0.29, 0.717) is 13.0 Å². The fraction of sp³-hybridized carbons (Fsp3) is 0.667. The van der Waals surface area contributed by atoms with Gasteiger partial charge in [-0.25, -0.2) is 0 Å². The minimum absolute atomic E-state index is 0.0143. The molecule has 0 aromatic heterocycles. The van der Waals surface area contributed by atoms with Crippen molar-refractivity contribution in [1.82, 2.24) is 10.6 Å². The molecule has 2 atom stereocenters. The highest BCUT2D eigenvalue weighted by molar-refractivity contribution is 5.76. The Hall–Kier alpha value is -1.13. The van der Waals surface area contributed by atoms with Crippen molar-refractivity contribution in [3.8, 4) is 0 Å². The number of allylic oxidation sites excluding steroid dienone is 2. The molecule has 0 aromatic rings. The molecule has 4 heteroatoms. The Labute approximate surface area is 117 Å². The Morgan fingerprint density at radius 3 is 2.63 bits per heavy atom. The first-order chi connectivity index (χ1) is 9.01. The summed E-state index contributed by atoms with van der Waals surface area (Å²) in [4.78, 5) is 11.7. The number of carbonyl (C=O) groups is 1. The summed E-state index contributed by atoms with van der Waals surface area (Å²) in [5, 5.41) is 5.98. The Bertz CT molecular complexity index is 290. The molecule has 0 saturated heterocycles. The van der Waals surface area contributed by atoms with Gasteiger partial charge >= 0.3 is 0 Å². The molecule has 0 saturated carbocycles.